The minimum Gasteiger partial charge on any atom is -0.464 e. The van der Waals surface area contributed by atoms with Crippen molar-refractivity contribution < 1.29 is 9.53 Å². The van der Waals surface area contributed by atoms with Crippen LogP contribution in [0.1, 0.15) is 27.2 Å². The molecule has 0 fully saturated rings. The summed E-state index contributed by atoms with van der Waals surface area (Å²) in [5.74, 6) is -0.384. The summed E-state index contributed by atoms with van der Waals surface area (Å²) in [7, 11) is 1.35. The molecular weight excluding hydrogens is 242 g/mol. The fraction of sp³-hybridized carbons (Fsp3) is 0.429. The van der Waals surface area contributed by atoms with Crippen LogP contribution in [0.25, 0.3) is 0 Å². The topological polar surface area (TPSA) is 39.2 Å². The molecule has 0 amide bonds. The molecule has 0 spiro atoms. The van der Waals surface area contributed by atoms with Gasteiger partial charge in [0.05, 0.1) is 11.9 Å². The van der Waals surface area contributed by atoms with Gasteiger partial charge in [-0.05, 0) is 6.92 Å². The van der Waals surface area contributed by atoms with Crippen molar-refractivity contribution in [2.45, 2.75) is 11.8 Å². The van der Waals surface area contributed by atoms with Gasteiger partial charge in [-0.1, -0.05) is 15.9 Å². The number of hydrogen-bond donors (Lipinski definition) is 0. The van der Waals surface area contributed by atoms with Crippen molar-refractivity contribution in [2.75, 3.05) is 7.11 Å². The van der Waals surface area contributed by atoms with Crippen LogP contribution in [0.3, 0.4) is 0 Å². The second kappa shape index (κ2) is 4.00. The Morgan fingerprint density at radius 1 is 1.83 bits per heavy atom. The van der Waals surface area contributed by atoms with E-state index in [1.807, 2.05) is 6.92 Å². The van der Waals surface area contributed by atoms with Gasteiger partial charge in [0.2, 0.25) is 0 Å². The van der Waals surface area contributed by atoms with Gasteiger partial charge in [-0.2, -0.15) is 0 Å². The lowest BCUT2D eigenvalue weighted by Gasteiger charge is -1.94. The van der Waals surface area contributed by atoms with Crippen molar-refractivity contribution in [1.82, 2.24) is 4.98 Å². The number of carbonyl (C=O) groups excluding carboxylic acids is 1. The third-order valence-corrected chi connectivity index (χ3v) is 3.02. The lowest BCUT2D eigenvalue weighted by molar-refractivity contribution is 0.0595. The molecule has 5 heteroatoms. The average Bonchev–Trinajstić information content (AvgIpc) is 2.51. The molecule has 1 heterocycles. The van der Waals surface area contributed by atoms with Gasteiger partial charge in [-0.25, -0.2) is 9.78 Å². The normalized spacial score (nSPS) is 12.6. The molecule has 0 radical (unpaired) electrons. The van der Waals surface area contributed by atoms with E-state index >= 15 is 0 Å². The number of rotatable bonds is 2. The standard InChI is InChI=1S/C7H8BrNO2S/c1-4(8)6-9-5(3-12-6)7(10)11-2/h3-4H,1-2H3. The third kappa shape index (κ3) is 2.04. The van der Waals surface area contributed by atoms with Gasteiger partial charge in [-0.15, -0.1) is 11.3 Å². The van der Waals surface area contributed by atoms with Crippen LogP contribution in [-0.2, 0) is 4.74 Å². The molecule has 12 heavy (non-hydrogen) atoms. The summed E-state index contributed by atoms with van der Waals surface area (Å²) < 4.78 is 4.52. The van der Waals surface area contributed by atoms with Crippen LogP contribution in [0.5, 0.6) is 0 Å². The Morgan fingerprint density at radius 3 is 2.92 bits per heavy atom. The zero-order valence-electron chi connectivity index (χ0n) is 6.70. The molecule has 1 unspecified atom stereocenters. The maximum Gasteiger partial charge on any atom is 0.357 e. The Labute approximate surface area is 82.9 Å². The minimum atomic E-state index is -0.384. The molecule has 0 N–H and O–H groups in total. The molecular formula is C7H8BrNO2S. The number of nitrogens with zero attached hydrogens (tertiary/aromatic N) is 1. The van der Waals surface area contributed by atoms with Crippen LogP contribution >= 0.6 is 27.3 Å². The van der Waals surface area contributed by atoms with Crippen molar-refractivity contribution in [3.05, 3.63) is 16.1 Å². The van der Waals surface area contributed by atoms with E-state index in [1.54, 1.807) is 5.38 Å². The molecule has 1 rings (SSSR count). The zero-order chi connectivity index (χ0) is 9.14. The first-order valence-electron chi connectivity index (χ1n) is 3.33. The molecule has 0 aliphatic carbocycles. The number of halogens is 1. The van der Waals surface area contributed by atoms with Crippen molar-refractivity contribution in [2.24, 2.45) is 0 Å². The van der Waals surface area contributed by atoms with E-state index in [4.69, 9.17) is 0 Å². The van der Waals surface area contributed by atoms with Gasteiger partial charge in [-0.3, -0.25) is 0 Å². The van der Waals surface area contributed by atoms with Crippen LogP contribution in [0.15, 0.2) is 5.38 Å². The van der Waals surface area contributed by atoms with Gasteiger partial charge in [0.15, 0.2) is 5.69 Å². The molecule has 0 aliphatic heterocycles. The molecule has 3 nitrogen and oxygen atoms in total. The summed E-state index contributed by atoms with van der Waals surface area (Å²) in [6, 6.07) is 0. The van der Waals surface area contributed by atoms with Crippen LogP contribution in [0, 0.1) is 0 Å². The number of methoxy groups -OCH3 is 1. The number of ether oxygens (including phenoxy) is 1. The molecule has 0 saturated carbocycles. The maximum atomic E-state index is 11.0. The molecule has 1 aromatic rings. The number of esters is 1. The molecule has 1 atom stereocenters. The number of alkyl halides is 1. The zero-order valence-corrected chi connectivity index (χ0v) is 9.11. The van der Waals surface area contributed by atoms with E-state index in [2.05, 4.69) is 25.7 Å². The van der Waals surface area contributed by atoms with Gasteiger partial charge in [0.1, 0.15) is 5.01 Å². The van der Waals surface area contributed by atoms with Gasteiger partial charge in [0.25, 0.3) is 0 Å². The Balaban J connectivity index is 2.84. The number of carbonyl (C=O) groups is 1. The maximum absolute atomic E-state index is 11.0. The largest absolute Gasteiger partial charge is 0.464 e. The Kier molecular flexibility index (Phi) is 3.22. The van der Waals surface area contributed by atoms with Crippen molar-refractivity contribution >= 4 is 33.2 Å². The fourth-order valence-corrected chi connectivity index (χ4v) is 1.81. The van der Waals surface area contributed by atoms with E-state index in [0.717, 1.165) is 5.01 Å². The van der Waals surface area contributed by atoms with Gasteiger partial charge in [0, 0.05) is 5.38 Å². The molecule has 0 saturated heterocycles. The summed E-state index contributed by atoms with van der Waals surface area (Å²) in [4.78, 5) is 15.2. The Bertz CT molecular complexity index is 285. The summed E-state index contributed by atoms with van der Waals surface area (Å²) >= 11 is 4.81. The predicted octanol–water partition coefficient (Wildman–Crippen LogP) is 2.39. The molecule has 0 aromatic carbocycles. The van der Waals surface area contributed by atoms with E-state index in [9.17, 15) is 4.79 Å². The number of thiazole rings is 1. The molecule has 66 valence electrons. The quantitative estimate of drug-likeness (QED) is 0.597. The Morgan fingerprint density at radius 2 is 2.50 bits per heavy atom. The highest BCUT2D eigenvalue weighted by Crippen LogP contribution is 2.24. The monoisotopic (exact) mass is 249 g/mol. The summed E-state index contributed by atoms with van der Waals surface area (Å²) in [6.07, 6.45) is 0. The van der Waals surface area contributed by atoms with E-state index in [0.29, 0.717) is 5.69 Å². The Hall–Kier alpha value is -0.420. The van der Waals surface area contributed by atoms with E-state index in [1.165, 1.54) is 18.4 Å². The highest BCUT2D eigenvalue weighted by Gasteiger charge is 2.12. The first kappa shape index (κ1) is 9.67. The number of hydrogen-bond acceptors (Lipinski definition) is 4. The first-order chi connectivity index (χ1) is 5.65. The SMILES string of the molecule is COC(=O)c1csc(C(C)Br)n1. The molecule has 0 bridgehead atoms. The summed E-state index contributed by atoms with van der Waals surface area (Å²) in [6.45, 7) is 1.96. The van der Waals surface area contributed by atoms with E-state index in [-0.39, 0.29) is 10.8 Å². The van der Waals surface area contributed by atoms with E-state index < -0.39 is 0 Å². The predicted molar refractivity (Wildman–Crippen MR) is 50.8 cm³/mol. The molecule has 1 aromatic heterocycles. The smallest absolute Gasteiger partial charge is 0.357 e. The lowest BCUT2D eigenvalue weighted by atomic mass is 10.5. The first-order valence-corrected chi connectivity index (χ1v) is 5.12. The third-order valence-electron chi connectivity index (χ3n) is 1.26. The van der Waals surface area contributed by atoms with Crippen molar-refractivity contribution in [1.29, 1.82) is 0 Å². The van der Waals surface area contributed by atoms with Gasteiger partial charge >= 0.3 is 5.97 Å². The highest BCUT2D eigenvalue weighted by atomic mass is 79.9. The second-order valence-electron chi connectivity index (χ2n) is 2.18. The summed E-state index contributed by atoms with van der Waals surface area (Å²) in [5.41, 5.74) is 0.379. The highest BCUT2D eigenvalue weighted by molar-refractivity contribution is 9.09. The average molecular weight is 250 g/mol. The van der Waals surface area contributed by atoms with Crippen LogP contribution in [0.2, 0.25) is 0 Å². The van der Waals surface area contributed by atoms with Crippen molar-refractivity contribution in [3.8, 4) is 0 Å². The van der Waals surface area contributed by atoms with Crippen LogP contribution in [0.4, 0.5) is 0 Å². The minimum absolute atomic E-state index is 0.181. The van der Waals surface area contributed by atoms with Gasteiger partial charge < -0.3 is 4.74 Å². The molecule has 0 aliphatic rings. The fourth-order valence-electron chi connectivity index (χ4n) is 0.669. The summed E-state index contributed by atoms with van der Waals surface area (Å²) in [5, 5.41) is 2.58. The number of aromatic nitrogens is 1. The van der Waals surface area contributed by atoms with Crippen LogP contribution in [-0.4, -0.2) is 18.1 Å². The van der Waals surface area contributed by atoms with Crippen molar-refractivity contribution in [3.63, 3.8) is 0 Å². The lowest BCUT2D eigenvalue weighted by Crippen LogP contribution is -2.01. The van der Waals surface area contributed by atoms with Crippen LogP contribution < -0.4 is 0 Å². The second-order valence-corrected chi connectivity index (χ2v) is 4.44.